The summed E-state index contributed by atoms with van der Waals surface area (Å²) in [6.45, 7) is 8.39. The second-order valence-electron chi connectivity index (χ2n) is 5.23. The van der Waals surface area contributed by atoms with Gasteiger partial charge in [0.2, 0.25) is 0 Å². The molecule has 1 aliphatic heterocycles. The van der Waals surface area contributed by atoms with Crippen molar-refractivity contribution in [2.45, 2.75) is 25.5 Å². The Morgan fingerprint density at radius 3 is 2.68 bits per heavy atom. The van der Waals surface area contributed by atoms with Gasteiger partial charge in [-0.05, 0) is 20.8 Å². The molecule has 0 unspecified atom stereocenters. The van der Waals surface area contributed by atoms with Crippen molar-refractivity contribution in [1.82, 2.24) is 10.2 Å². The fraction of sp³-hybridized carbons (Fsp3) is 0.917. The lowest BCUT2D eigenvalue weighted by molar-refractivity contribution is 0.207. The van der Waals surface area contributed by atoms with Crippen molar-refractivity contribution in [2.75, 3.05) is 45.6 Å². The summed E-state index contributed by atoms with van der Waals surface area (Å²) in [6.07, 6.45) is 0. The molecule has 7 heteroatoms. The lowest BCUT2D eigenvalue weighted by Crippen LogP contribution is -2.57. The molecule has 6 nitrogen and oxygen atoms in total. The number of aliphatic imine (C=N–C) groups is 1. The van der Waals surface area contributed by atoms with Crippen molar-refractivity contribution in [3.05, 3.63) is 0 Å². The third-order valence-corrected chi connectivity index (χ3v) is 5.77. The third kappa shape index (κ3) is 4.07. The average Bonchev–Trinajstić information content (AvgIpc) is 2.32. The van der Waals surface area contributed by atoms with Crippen LogP contribution in [0.5, 0.6) is 0 Å². The summed E-state index contributed by atoms with van der Waals surface area (Å²) in [5.41, 5.74) is 0. The van der Waals surface area contributed by atoms with Crippen molar-refractivity contribution in [2.24, 2.45) is 4.99 Å². The summed E-state index contributed by atoms with van der Waals surface area (Å²) in [5, 5.41) is 3.20. The highest BCUT2D eigenvalue weighted by molar-refractivity contribution is 7.92. The highest BCUT2D eigenvalue weighted by atomic mass is 32.2. The number of hydrogen-bond donors (Lipinski definition) is 1. The topological polar surface area (TPSA) is 71.0 Å². The van der Waals surface area contributed by atoms with E-state index < -0.39 is 14.6 Å². The Labute approximate surface area is 116 Å². The van der Waals surface area contributed by atoms with Crippen LogP contribution in [0.4, 0.5) is 0 Å². The lowest BCUT2D eigenvalue weighted by Gasteiger charge is -2.39. The summed E-state index contributed by atoms with van der Waals surface area (Å²) in [7, 11) is -1.38. The largest absolute Gasteiger partial charge is 0.383 e. The molecule has 0 atom stereocenters. The molecule has 0 saturated carbocycles. The van der Waals surface area contributed by atoms with Crippen LogP contribution in [0.3, 0.4) is 0 Å². The summed E-state index contributed by atoms with van der Waals surface area (Å²) >= 11 is 0. The van der Waals surface area contributed by atoms with Gasteiger partial charge in [-0.15, -0.1) is 0 Å². The van der Waals surface area contributed by atoms with Crippen LogP contribution in [0.15, 0.2) is 4.99 Å². The Bertz CT molecular complexity index is 418. The van der Waals surface area contributed by atoms with Crippen LogP contribution < -0.4 is 5.32 Å². The molecule has 112 valence electrons. The number of nitrogens with one attached hydrogen (secondary N) is 1. The molecule has 0 aliphatic carbocycles. The monoisotopic (exact) mass is 291 g/mol. The van der Waals surface area contributed by atoms with Crippen LogP contribution in [-0.2, 0) is 14.6 Å². The van der Waals surface area contributed by atoms with Crippen molar-refractivity contribution < 1.29 is 13.2 Å². The van der Waals surface area contributed by atoms with Gasteiger partial charge in [0.25, 0.3) is 0 Å². The first-order valence-corrected chi connectivity index (χ1v) is 8.24. The number of hydrogen-bond acceptors (Lipinski definition) is 4. The van der Waals surface area contributed by atoms with E-state index in [0.717, 1.165) is 12.5 Å². The summed E-state index contributed by atoms with van der Waals surface area (Å²) in [6, 6.07) is 0. The van der Waals surface area contributed by atoms with Crippen molar-refractivity contribution in [3.8, 4) is 0 Å². The van der Waals surface area contributed by atoms with Gasteiger partial charge in [-0.1, -0.05) is 0 Å². The molecule has 0 amide bonds. The van der Waals surface area contributed by atoms with E-state index in [2.05, 4.69) is 10.3 Å². The van der Waals surface area contributed by atoms with Gasteiger partial charge in [-0.2, -0.15) is 0 Å². The van der Waals surface area contributed by atoms with Gasteiger partial charge < -0.3 is 15.0 Å². The Balaban J connectivity index is 2.79. The molecule has 1 heterocycles. The standard InChI is InChI=1S/C12H25N3O3S/c1-5-13-11(14-6-8-18-4)15-7-9-19(16,17)12(2,3)10-15/h5-10H2,1-4H3,(H,13,14). The van der Waals surface area contributed by atoms with E-state index in [1.807, 2.05) is 11.8 Å². The van der Waals surface area contributed by atoms with E-state index in [1.165, 1.54) is 0 Å². The lowest BCUT2D eigenvalue weighted by atomic mass is 10.2. The van der Waals surface area contributed by atoms with Crippen LogP contribution in [0, 0.1) is 0 Å². The minimum Gasteiger partial charge on any atom is -0.383 e. The molecule has 0 spiro atoms. The first-order chi connectivity index (χ1) is 8.84. The van der Waals surface area contributed by atoms with E-state index in [-0.39, 0.29) is 5.75 Å². The Hall–Kier alpha value is -0.820. The van der Waals surface area contributed by atoms with Gasteiger partial charge in [0, 0.05) is 26.7 Å². The van der Waals surface area contributed by atoms with E-state index in [1.54, 1.807) is 21.0 Å². The molecular formula is C12H25N3O3S. The Morgan fingerprint density at radius 1 is 1.47 bits per heavy atom. The van der Waals surface area contributed by atoms with Crippen molar-refractivity contribution >= 4 is 15.8 Å². The smallest absolute Gasteiger partial charge is 0.194 e. The molecule has 0 aromatic rings. The third-order valence-electron chi connectivity index (χ3n) is 3.23. The highest BCUT2D eigenvalue weighted by Gasteiger charge is 2.40. The number of rotatable bonds is 4. The second kappa shape index (κ2) is 6.56. The average molecular weight is 291 g/mol. The highest BCUT2D eigenvalue weighted by Crippen LogP contribution is 2.23. The van der Waals surface area contributed by atoms with Gasteiger partial charge in [0.15, 0.2) is 15.8 Å². The zero-order chi connectivity index (χ0) is 14.5. The van der Waals surface area contributed by atoms with Crippen LogP contribution >= 0.6 is 0 Å². The van der Waals surface area contributed by atoms with Crippen molar-refractivity contribution in [3.63, 3.8) is 0 Å². The maximum Gasteiger partial charge on any atom is 0.194 e. The maximum atomic E-state index is 12.0. The molecule has 0 bridgehead atoms. The molecule has 1 fully saturated rings. The zero-order valence-electron chi connectivity index (χ0n) is 12.3. The Kier molecular flexibility index (Phi) is 5.61. The van der Waals surface area contributed by atoms with Crippen LogP contribution in [0.1, 0.15) is 20.8 Å². The SMILES string of the molecule is CCNC(=NCCOC)N1CCS(=O)(=O)C(C)(C)C1. The number of nitrogens with zero attached hydrogens (tertiary/aromatic N) is 2. The molecular weight excluding hydrogens is 266 g/mol. The van der Waals surface area contributed by atoms with E-state index in [9.17, 15) is 8.42 Å². The van der Waals surface area contributed by atoms with Crippen LogP contribution in [-0.4, -0.2) is 69.7 Å². The van der Waals surface area contributed by atoms with E-state index in [4.69, 9.17) is 4.74 Å². The van der Waals surface area contributed by atoms with Gasteiger partial charge in [-0.3, -0.25) is 4.99 Å². The second-order valence-corrected chi connectivity index (χ2v) is 7.97. The zero-order valence-corrected chi connectivity index (χ0v) is 13.1. The van der Waals surface area contributed by atoms with Crippen LogP contribution in [0.25, 0.3) is 0 Å². The predicted molar refractivity (Wildman–Crippen MR) is 77.3 cm³/mol. The summed E-state index contributed by atoms with van der Waals surface area (Å²) in [4.78, 5) is 6.47. The molecule has 1 saturated heterocycles. The van der Waals surface area contributed by atoms with Gasteiger partial charge in [0.05, 0.1) is 23.7 Å². The number of ether oxygens (including phenoxy) is 1. The molecule has 0 aromatic heterocycles. The van der Waals surface area contributed by atoms with Gasteiger partial charge in [0.1, 0.15) is 0 Å². The van der Waals surface area contributed by atoms with E-state index >= 15 is 0 Å². The first kappa shape index (κ1) is 16.2. The molecule has 0 radical (unpaired) electrons. The van der Waals surface area contributed by atoms with Gasteiger partial charge >= 0.3 is 0 Å². The molecule has 1 N–H and O–H groups in total. The van der Waals surface area contributed by atoms with Crippen molar-refractivity contribution in [1.29, 1.82) is 0 Å². The summed E-state index contributed by atoms with van der Waals surface area (Å²) in [5.74, 6) is 0.942. The molecule has 19 heavy (non-hydrogen) atoms. The number of guanidine groups is 1. The fourth-order valence-corrected chi connectivity index (χ4v) is 3.36. The number of sulfone groups is 1. The predicted octanol–water partition coefficient (Wildman–Crippen LogP) is 0.107. The Morgan fingerprint density at radius 2 is 2.16 bits per heavy atom. The van der Waals surface area contributed by atoms with Gasteiger partial charge in [-0.25, -0.2) is 8.42 Å². The molecule has 1 rings (SSSR count). The molecule has 1 aliphatic rings. The molecule has 0 aromatic carbocycles. The minimum atomic E-state index is -3.02. The quantitative estimate of drug-likeness (QED) is 0.452. The minimum absolute atomic E-state index is 0.175. The van der Waals surface area contributed by atoms with Crippen LogP contribution in [0.2, 0.25) is 0 Å². The fourth-order valence-electron chi connectivity index (χ4n) is 1.99. The number of methoxy groups -OCH3 is 1. The normalized spacial score (nSPS) is 22.3. The maximum absolute atomic E-state index is 12.0. The summed E-state index contributed by atoms with van der Waals surface area (Å²) < 4.78 is 28.2. The first-order valence-electron chi connectivity index (χ1n) is 6.58. The van der Waals surface area contributed by atoms with E-state index in [0.29, 0.717) is 26.2 Å².